The van der Waals surface area contributed by atoms with Gasteiger partial charge in [-0.25, -0.2) is 14.2 Å². The molecule has 1 aromatic heterocycles. The maximum absolute atomic E-state index is 13.1. The molecule has 4 nitrogen and oxygen atoms in total. The first-order chi connectivity index (χ1) is 9.06. The highest BCUT2D eigenvalue weighted by molar-refractivity contribution is 5.85. The molecular weight excluding hydrogens is 249 g/mol. The van der Waals surface area contributed by atoms with Crippen molar-refractivity contribution >= 4 is 5.97 Å². The first kappa shape index (κ1) is 13.0. The zero-order valence-electron chi connectivity index (χ0n) is 10.3. The van der Waals surface area contributed by atoms with Crippen LogP contribution in [-0.4, -0.2) is 16.1 Å². The van der Waals surface area contributed by atoms with Crippen LogP contribution < -0.4 is 4.74 Å². The molecule has 98 valence electrons. The summed E-state index contributed by atoms with van der Waals surface area (Å²) in [6.45, 7) is 2.07. The van der Waals surface area contributed by atoms with E-state index in [1.54, 1.807) is 6.07 Å². The van der Waals surface area contributed by atoms with Crippen molar-refractivity contribution < 1.29 is 19.0 Å². The molecule has 2 rings (SSSR count). The average molecular weight is 261 g/mol. The summed E-state index contributed by atoms with van der Waals surface area (Å²) < 4.78 is 18.5. The standard InChI is InChI=1S/C14H12FNO3/c1-9-2-3-11(15)6-10(9)8-19-12-4-5-13(14(17)18)16-7-12/h2-7H,8H2,1H3,(H,17,18). The number of nitrogens with zero attached hydrogens (tertiary/aromatic N) is 1. The Kier molecular flexibility index (Phi) is 3.75. The molecule has 0 aliphatic carbocycles. The number of hydrogen-bond acceptors (Lipinski definition) is 3. The highest BCUT2D eigenvalue weighted by Crippen LogP contribution is 2.15. The fraction of sp³-hybridized carbons (Fsp3) is 0.143. The van der Waals surface area contributed by atoms with Gasteiger partial charge in [0.1, 0.15) is 23.9 Å². The van der Waals surface area contributed by atoms with Crippen LogP contribution in [0.3, 0.4) is 0 Å². The van der Waals surface area contributed by atoms with Gasteiger partial charge in [0.15, 0.2) is 0 Å². The number of hydrogen-bond donors (Lipinski definition) is 1. The molecular formula is C14H12FNO3. The third kappa shape index (κ3) is 3.28. The van der Waals surface area contributed by atoms with E-state index < -0.39 is 5.97 Å². The summed E-state index contributed by atoms with van der Waals surface area (Å²) in [5.41, 5.74) is 1.62. The molecule has 0 aliphatic heterocycles. The number of aromatic carboxylic acids is 1. The Balaban J connectivity index is 2.06. The van der Waals surface area contributed by atoms with E-state index >= 15 is 0 Å². The third-order valence-electron chi connectivity index (χ3n) is 2.66. The lowest BCUT2D eigenvalue weighted by atomic mass is 10.1. The lowest BCUT2D eigenvalue weighted by molar-refractivity contribution is 0.0690. The molecule has 2 aromatic rings. The zero-order chi connectivity index (χ0) is 13.8. The molecule has 1 N–H and O–H groups in total. The first-order valence-electron chi connectivity index (χ1n) is 5.63. The Morgan fingerprint density at radius 1 is 1.37 bits per heavy atom. The summed E-state index contributed by atoms with van der Waals surface area (Å²) in [4.78, 5) is 14.4. The second kappa shape index (κ2) is 5.48. The van der Waals surface area contributed by atoms with Crippen molar-refractivity contribution in [1.29, 1.82) is 0 Å². The minimum atomic E-state index is -1.09. The molecule has 0 atom stereocenters. The number of rotatable bonds is 4. The van der Waals surface area contributed by atoms with Crippen molar-refractivity contribution in [3.8, 4) is 5.75 Å². The van der Waals surface area contributed by atoms with Gasteiger partial charge >= 0.3 is 5.97 Å². The van der Waals surface area contributed by atoms with Crippen LogP contribution in [0.4, 0.5) is 4.39 Å². The van der Waals surface area contributed by atoms with Gasteiger partial charge in [-0.05, 0) is 42.3 Å². The number of pyridine rings is 1. The van der Waals surface area contributed by atoms with E-state index in [1.165, 1.54) is 30.5 Å². The molecule has 1 heterocycles. The van der Waals surface area contributed by atoms with Gasteiger partial charge in [-0.15, -0.1) is 0 Å². The lowest BCUT2D eigenvalue weighted by Crippen LogP contribution is -2.02. The Labute approximate surface area is 109 Å². The predicted molar refractivity (Wildman–Crippen MR) is 66.7 cm³/mol. The number of benzene rings is 1. The van der Waals surface area contributed by atoms with Crippen molar-refractivity contribution in [1.82, 2.24) is 4.98 Å². The highest BCUT2D eigenvalue weighted by Gasteiger charge is 2.05. The van der Waals surface area contributed by atoms with Crippen LogP contribution in [0.25, 0.3) is 0 Å². The van der Waals surface area contributed by atoms with Gasteiger partial charge in [-0.1, -0.05) is 6.07 Å². The topological polar surface area (TPSA) is 59.4 Å². The van der Waals surface area contributed by atoms with Crippen LogP contribution in [0, 0.1) is 12.7 Å². The molecule has 0 radical (unpaired) electrons. The van der Waals surface area contributed by atoms with Gasteiger partial charge < -0.3 is 9.84 Å². The molecule has 0 aliphatic rings. The van der Waals surface area contributed by atoms with Crippen LogP contribution in [0.2, 0.25) is 0 Å². The van der Waals surface area contributed by atoms with E-state index in [1.807, 2.05) is 6.92 Å². The number of halogens is 1. The molecule has 0 saturated heterocycles. The Hall–Kier alpha value is -2.43. The van der Waals surface area contributed by atoms with Crippen LogP contribution in [0.5, 0.6) is 5.75 Å². The Morgan fingerprint density at radius 2 is 2.16 bits per heavy atom. The second-order valence-electron chi connectivity index (χ2n) is 4.04. The molecule has 0 bridgehead atoms. The zero-order valence-corrected chi connectivity index (χ0v) is 10.3. The summed E-state index contributed by atoms with van der Waals surface area (Å²) in [6.07, 6.45) is 1.33. The van der Waals surface area contributed by atoms with Crippen LogP contribution in [0.15, 0.2) is 36.5 Å². The summed E-state index contributed by atoms with van der Waals surface area (Å²) in [5.74, 6) is -0.968. The van der Waals surface area contributed by atoms with Crippen LogP contribution in [0.1, 0.15) is 21.6 Å². The maximum atomic E-state index is 13.1. The third-order valence-corrected chi connectivity index (χ3v) is 2.66. The number of carboxylic acids is 1. The van der Waals surface area contributed by atoms with Gasteiger partial charge in [-0.2, -0.15) is 0 Å². The van der Waals surface area contributed by atoms with E-state index in [4.69, 9.17) is 9.84 Å². The quantitative estimate of drug-likeness (QED) is 0.919. The fourth-order valence-corrected chi connectivity index (χ4v) is 1.55. The van der Waals surface area contributed by atoms with Gasteiger partial charge in [0.2, 0.25) is 0 Å². The molecule has 1 aromatic carbocycles. The van der Waals surface area contributed by atoms with Crippen molar-refractivity contribution in [2.75, 3.05) is 0 Å². The van der Waals surface area contributed by atoms with E-state index in [9.17, 15) is 9.18 Å². The number of aromatic nitrogens is 1. The summed E-state index contributed by atoms with van der Waals surface area (Å²) >= 11 is 0. The number of ether oxygens (including phenoxy) is 1. The van der Waals surface area contributed by atoms with Crippen molar-refractivity contribution in [2.45, 2.75) is 13.5 Å². The second-order valence-corrected chi connectivity index (χ2v) is 4.04. The molecule has 0 saturated carbocycles. The number of carbonyl (C=O) groups is 1. The van der Waals surface area contributed by atoms with E-state index in [-0.39, 0.29) is 18.1 Å². The maximum Gasteiger partial charge on any atom is 0.354 e. The van der Waals surface area contributed by atoms with Gasteiger partial charge in [0.25, 0.3) is 0 Å². The first-order valence-corrected chi connectivity index (χ1v) is 5.63. The largest absolute Gasteiger partial charge is 0.487 e. The SMILES string of the molecule is Cc1ccc(F)cc1COc1ccc(C(=O)O)nc1. The molecule has 19 heavy (non-hydrogen) atoms. The van der Waals surface area contributed by atoms with Crippen molar-refractivity contribution in [3.63, 3.8) is 0 Å². The lowest BCUT2D eigenvalue weighted by Gasteiger charge is -2.08. The van der Waals surface area contributed by atoms with Gasteiger partial charge in [0, 0.05) is 0 Å². The summed E-state index contributed by atoms with van der Waals surface area (Å²) in [7, 11) is 0. The number of carboxylic acid groups (broad SMARTS) is 1. The monoisotopic (exact) mass is 261 g/mol. The van der Waals surface area contributed by atoms with E-state index in [0.717, 1.165) is 11.1 Å². The van der Waals surface area contributed by atoms with Crippen molar-refractivity contribution in [2.24, 2.45) is 0 Å². The predicted octanol–water partition coefficient (Wildman–Crippen LogP) is 2.81. The summed E-state index contributed by atoms with van der Waals surface area (Å²) in [5, 5.41) is 8.71. The van der Waals surface area contributed by atoms with Gasteiger partial charge in [-0.3, -0.25) is 0 Å². The minimum Gasteiger partial charge on any atom is -0.487 e. The van der Waals surface area contributed by atoms with Crippen LogP contribution >= 0.6 is 0 Å². The summed E-state index contributed by atoms with van der Waals surface area (Å²) in [6, 6.07) is 7.36. The molecule has 0 amide bonds. The number of aryl methyl sites for hydroxylation is 1. The minimum absolute atomic E-state index is 0.0470. The van der Waals surface area contributed by atoms with Crippen molar-refractivity contribution in [3.05, 3.63) is 59.2 Å². The van der Waals surface area contributed by atoms with Gasteiger partial charge in [0.05, 0.1) is 6.20 Å². The molecule has 0 fully saturated rings. The normalized spacial score (nSPS) is 10.2. The Bertz CT molecular complexity index is 596. The smallest absolute Gasteiger partial charge is 0.354 e. The highest BCUT2D eigenvalue weighted by atomic mass is 19.1. The average Bonchev–Trinajstić information content (AvgIpc) is 2.40. The fourth-order valence-electron chi connectivity index (χ4n) is 1.55. The van der Waals surface area contributed by atoms with E-state index in [0.29, 0.717) is 5.75 Å². The van der Waals surface area contributed by atoms with Crippen LogP contribution in [-0.2, 0) is 6.61 Å². The molecule has 5 heteroatoms. The molecule has 0 spiro atoms. The Morgan fingerprint density at radius 3 is 2.79 bits per heavy atom. The van der Waals surface area contributed by atoms with E-state index in [2.05, 4.69) is 4.98 Å². The molecule has 0 unspecified atom stereocenters.